The SMILES string of the molecule is Nc1cc(F)c(Br)cc1NCC1CC2CCC1C2. The molecule has 3 atom stereocenters. The van der Waals surface area contributed by atoms with E-state index in [0.29, 0.717) is 10.2 Å². The van der Waals surface area contributed by atoms with Crippen molar-refractivity contribution < 1.29 is 4.39 Å². The number of hydrogen-bond donors (Lipinski definition) is 2. The normalized spacial score (nSPS) is 29.8. The molecule has 0 spiro atoms. The summed E-state index contributed by atoms with van der Waals surface area (Å²) in [7, 11) is 0. The third-order valence-electron chi connectivity index (χ3n) is 4.53. The van der Waals surface area contributed by atoms with Crippen molar-refractivity contribution in [1.29, 1.82) is 0 Å². The molecule has 2 saturated carbocycles. The molecule has 0 saturated heterocycles. The second-order valence-electron chi connectivity index (χ2n) is 5.67. The van der Waals surface area contributed by atoms with Crippen LogP contribution in [0.1, 0.15) is 25.7 Å². The number of fused-ring (bicyclic) bond motifs is 2. The Balaban J connectivity index is 1.65. The highest BCUT2D eigenvalue weighted by Gasteiger charge is 2.39. The van der Waals surface area contributed by atoms with E-state index >= 15 is 0 Å². The zero-order valence-corrected chi connectivity index (χ0v) is 11.8. The summed E-state index contributed by atoms with van der Waals surface area (Å²) in [6.07, 6.45) is 5.57. The number of halogens is 2. The molecule has 2 aliphatic carbocycles. The Bertz CT molecular complexity index is 463. The van der Waals surface area contributed by atoms with E-state index in [1.807, 2.05) is 0 Å². The maximum Gasteiger partial charge on any atom is 0.139 e. The van der Waals surface area contributed by atoms with Gasteiger partial charge in [0.25, 0.3) is 0 Å². The van der Waals surface area contributed by atoms with Gasteiger partial charge in [0.05, 0.1) is 15.8 Å². The van der Waals surface area contributed by atoms with Crippen molar-refractivity contribution in [3.05, 3.63) is 22.4 Å². The second kappa shape index (κ2) is 4.72. The third-order valence-corrected chi connectivity index (χ3v) is 5.14. The summed E-state index contributed by atoms with van der Waals surface area (Å²) in [5.74, 6) is 2.32. The zero-order valence-electron chi connectivity index (χ0n) is 10.3. The fraction of sp³-hybridized carbons (Fsp3) is 0.571. The lowest BCUT2D eigenvalue weighted by atomic mass is 9.89. The van der Waals surface area contributed by atoms with E-state index < -0.39 is 0 Å². The van der Waals surface area contributed by atoms with Crippen LogP contribution in [0.4, 0.5) is 15.8 Å². The number of nitrogens with one attached hydrogen (secondary N) is 1. The molecule has 98 valence electrons. The van der Waals surface area contributed by atoms with Gasteiger partial charge in [-0.3, -0.25) is 0 Å². The number of nitrogens with two attached hydrogens (primary N) is 1. The van der Waals surface area contributed by atoms with Crippen molar-refractivity contribution in [1.82, 2.24) is 0 Å². The molecule has 0 heterocycles. The first-order valence-electron chi connectivity index (χ1n) is 6.62. The summed E-state index contributed by atoms with van der Waals surface area (Å²) in [4.78, 5) is 0. The van der Waals surface area contributed by atoms with Crippen LogP contribution in [0, 0.1) is 23.6 Å². The van der Waals surface area contributed by atoms with Crippen molar-refractivity contribution in [2.24, 2.45) is 17.8 Å². The van der Waals surface area contributed by atoms with E-state index in [1.54, 1.807) is 6.07 Å². The fourth-order valence-electron chi connectivity index (χ4n) is 3.58. The van der Waals surface area contributed by atoms with E-state index in [0.717, 1.165) is 30.0 Å². The molecule has 0 amide bonds. The van der Waals surface area contributed by atoms with Crippen LogP contribution in [0.15, 0.2) is 16.6 Å². The molecule has 0 aliphatic heterocycles. The molecule has 2 bridgehead atoms. The molecule has 1 aromatic rings. The summed E-state index contributed by atoms with van der Waals surface area (Å²) in [5.41, 5.74) is 7.15. The lowest BCUT2D eigenvalue weighted by molar-refractivity contribution is 0.348. The molecule has 3 unspecified atom stereocenters. The molecular weight excluding hydrogens is 295 g/mol. The first-order valence-corrected chi connectivity index (χ1v) is 7.41. The van der Waals surface area contributed by atoms with Crippen molar-refractivity contribution in [2.45, 2.75) is 25.7 Å². The molecular formula is C14H18BrFN2. The number of nitrogen functional groups attached to an aromatic ring is 1. The standard InChI is InChI=1S/C14H18BrFN2/c15-11-5-14(13(17)6-12(11)16)18-7-10-4-8-1-2-9(10)3-8/h5-6,8-10,18H,1-4,7,17H2. The number of hydrogen-bond acceptors (Lipinski definition) is 2. The van der Waals surface area contributed by atoms with E-state index in [9.17, 15) is 4.39 Å². The Morgan fingerprint density at radius 1 is 1.33 bits per heavy atom. The van der Waals surface area contributed by atoms with Crippen LogP contribution in [-0.4, -0.2) is 6.54 Å². The first kappa shape index (κ1) is 12.3. The molecule has 2 aliphatic rings. The predicted molar refractivity (Wildman–Crippen MR) is 75.9 cm³/mol. The Kier molecular flexibility index (Phi) is 3.22. The highest BCUT2D eigenvalue weighted by atomic mass is 79.9. The Morgan fingerprint density at radius 2 is 2.17 bits per heavy atom. The van der Waals surface area contributed by atoms with Gasteiger partial charge < -0.3 is 11.1 Å². The highest BCUT2D eigenvalue weighted by molar-refractivity contribution is 9.10. The van der Waals surface area contributed by atoms with Gasteiger partial charge in [0.2, 0.25) is 0 Å². The summed E-state index contributed by atoms with van der Waals surface area (Å²) >= 11 is 3.20. The van der Waals surface area contributed by atoms with Crippen molar-refractivity contribution in [3.63, 3.8) is 0 Å². The van der Waals surface area contributed by atoms with Gasteiger partial charge >= 0.3 is 0 Å². The molecule has 4 heteroatoms. The monoisotopic (exact) mass is 312 g/mol. The number of rotatable bonds is 3. The molecule has 18 heavy (non-hydrogen) atoms. The highest BCUT2D eigenvalue weighted by Crippen LogP contribution is 2.48. The van der Waals surface area contributed by atoms with Crippen LogP contribution >= 0.6 is 15.9 Å². The smallest absolute Gasteiger partial charge is 0.139 e. The van der Waals surface area contributed by atoms with E-state index in [1.165, 1.54) is 31.7 Å². The van der Waals surface area contributed by atoms with Crippen molar-refractivity contribution in [3.8, 4) is 0 Å². The summed E-state index contributed by atoms with van der Waals surface area (Å²) < 4.78 is 13.7. The van der Waals surface area contributed by atoms with Crippen LogP contribution in [0.3, 0.4) is 0 Å². The average molecular weight is 313 g/mol. The largest absolute Gasteiger partial charge is 0.397 e. The Hall–Kier alpha value is -0.770. The van der Waals surface area contributed by atoms with Gasteiger partial charge in [-0.25, -0.2) is 4.39 Å². The summed E-state index contributed by atoms with van der Waals surface area (Å²) in [5, 5.41) is 3.39. The molecule has 2 fully saturated rings. The lowest BCUT2D eigenvalue weighted by Crippen LogP contribution is -2.20. The van der Waals surface area contributed by atoms with Crippen LogP contribution in [0.5, 0.6) is 0 Å². The van der Waals surface area contributed by atoms with E-state index in [4.69, 9.17) is 5.73 Å². The van der Waals surface area contributed by atoms with Crippen LogP contribution in [0.2, 0.25) is 0 Å². The third kappa shape index (κ3) is 2.22. The predicted octanol–water partition coefficient (Wildman–Crippen LogP) is 4.02. The second-order valence-corrected chi connectivity index (χ2v) is 6.52. The van der Waals surface area contributed by atoms with Gasteiger partial charge in [0.15, 0.2) is 0 Å². The molecule has 3 rings (SSSR count). The van der Waals surface area contributed by atoms with Crippen LogP contribution < -0.4 is 11.1 Å². The van der Waals surface area contributed by atoms with Crippen molar-refractivity contribution in [2.75, 3.05) is 17.6 Å². The van der Waals surface area contributed by atoms with Gasteiger partial charge in [-0.05, 0) is 59.0 Å². The number of benzene rings is 1. The van der Waals surface area contributed by atoms with E-state index in [2.05, 4.69) is 21.2 Å². The summed E-state index contributed by atoms with van der Waals surface area (Å²) in [6, 6.07) is 3.10. The molecule has 1 aromatic carbocycles. The van der Waals surface area contributed by atoms with Gasteiger partial charge in [-0.15, -0.1) is 0 Å². The molecule has 0 aromatic heterocycles. The van der Waals surface area contributed by atoms with Gasteiger partial charge in [0, 0.05) is 12.6 Å². The first-order chi connectivity index (χ1) is 8.63. The maximum atomic E-state index is 13.3. The van der Waals surface area contributed by atoms with Gasteiger partial charge in [0.1, 0.15) is 5.82 Å². The zero-order chi connectivity index (χ0) is 12.7. The maximum absolute atomic E-state index is 13.3. The van der Waals surface area contributed by atoms with Crippen molar-refractivity contribution >= 4 is 27.3 Å². The molecule has 2 nitrogen and oxygen atoms in total. The minimum absolute atomic E-state index is 0.307. The van der Waals surface area contributed by atoms with Crippen LogP contribution in [-0.2, 0) is 0 Å². The topological polar surface area (TPSA) is 38.0 Å². The lowest BCUT2D eigenvalue weighted by Gasteiger charge is -2.23. The van der Waals surface area contributed by atoms with E-state index in [-0.39, 0.29) is 5.82 Å². The van der Waals surface area contributed by atoms with Gasteiger partial charge in [-0.2, -0.15) is 0 Å². The minimum Gasteiger partial charge on any atom is -0.397 e. The average Bonchev–Trinajstić information content (AvgIpc) is 2.94. The van der Waals surface area contributed by atoms with Crippen LogP contribution in [0.25, 0.3) is 0 Å². The Morgan fingerprint density at radius 3 is 2.83 bits per heavy atom. The number of anilines is 2. The molecule has 3 N–H and O–H groups in total. The van der Waals surface area contributed by atoms with Gasteiger partial charge in [-0.1, -0.05) is 6.42 Å². The quantitative estimate of drug-likeness (QED) is 0.827. The fourth-order valence-corrected chi connectivity index (χ4v) is 3.93. The Labute approximate surface area is 115 Å². The molecule has 0 radical (unpaired) electrons. The minimum atomic E-state index is -0.307. The summed E-state index contributed by atoms with van der Waals surface area (Å²) in [6.45, 7) is 0.962.